The molecule has 88 valence electrons. The van der Waals surface area contributed by atoms with Crippen LogP contribution in [-0.2, 0) is 15.1 Å². The van der Waals surface area contributed by atoms with Crippen LogP contribution in [0.3, 0.4) is 0 Å². The maximum Gasteiger partial charge on any atom is 0.314 e. The Morgan fingerprint density at radius 3 is 3.12 bits per heavy atom. The Kier molecular flexibility index (Phi) is 3.15. The van der Waals surface area contributed by atoms with E-state index in [0.29, 0.717) is 12.4 Å². The molecule has 16 heavy (non-hydrogen) atoms. The highest BCUT2D eigenvalue weighted by Gasteiger charge is 2.36. The molecule has 1 fully saturated rings. The molecule has 0 aliphatic carbocycles. The van der Waals surface area contributed by atoms with Crippen LogP contribution in [0.15, 0.2) is 9.75 Å². The molecular formula is C9H12N2O4S. The van der Waals surface area contributed by atoms with Crippen molar-refractivity contribution >= 4 is 17.7 Å². The number of nitrogens with zero attached hydrogens (tertiary/aromatic N) is 2. The van der Waals surface area contributed by atoms with Gasteiger partial charge in [-0.2, -0.15) is 4.98 Å². The Morgan fingerprint density at radius 2 is 2.50 bits per heavy atom. The first kappa shape index (κ1) is 11.4. The highest BCUT2D eigenvalue weighted by Crippen LogP contribution is 2.34. The number of aliphatic carboxylic acids is 1. The Labute approximate surface area is 96.4 Å². The number of hydrogen-bond acceptors (Lipinski definition) is 6. The number of thioether (sulfide) groups is 1. The summed E-state index contributed by atoms with van der Waals surface area (Å²) in [6.07, 6.45) is 1.83. The standard InChI is InChI=1S/C9H12N2O4S/c1-9(3-2-4-14-9)7-10-8(15-11-7)16-5-6(12)13/h2-5H2,1H3,(H,12,13). The molecule has 7 heteroatoms. The second-order valence-electron chi connectivity index (χ2n) is 3.75. The fourth-order valence-electron chi connectivity index (χ4n) is 1.56. The second-order valence-corrected chi connectivity index (χ2v) is 4.68. The van der Waals surface area contributed by atoms with Crippen LogP contribution < -0.4 is 0 Å². The van der Waals surface area contributed by atoms with Crippen molar-refractivity contribution in [2.75, 3.05) is 12.4 Å². The van der Waals surface area contributed by atoms with E-state index in [1.54, 1.807) is 0 Å². The van der Waals surface area contributed by atoms with E-state index in [2.05, 4.69) is 10.1 Å². The van der Waals surface area contributed by atoms with E-state index in [0.717, 1.165) is 24.6 Å². The third-order valence-corrected chi connectivity index (χ3v) is 3.22. The topological polar surface area (TPSA) is 85.5 Å². The first-order valence-electron chi connectivity index (χ1n) is 4.93. The zero-order valence-electron chi connectivity index (χ0n) is 8.80. The van der Waals surface area contributed by atoms with Crippen LogP contribution >= 0.6 is 11.8 Å². The molecule has 0 spiro atoms. The summed E-state index contributed by atoms with van der Waals surface area (Å²) in [5.74, 6) is -0.495. The van der Waals surface area contributed by atoms with Gasteiger partial charge in [-0.05, 0) is 19.8 Å². The summed E-state index contributed by atoms with van der Waals surface area (Å²) in [4.78, 5) is 14.5. The van der Waals surface area contributed by atoms with Crippen LogP contribution in [0.5, 0.6) is 0 Å². The van der Waals surface area contributed by atoms with Crippen molar-refractivity contribution in [2.45, 2.75) is 30.6 Å². The largest absolute Gasteiger partial charge is 0.481 e. The molecule has 0 aromatic carbocycles. The van der Waals surface area contributed by atoms with Crippen molar-refractivity contribution < 1.29 is 19.2 Å². The number of hydrogen-bond donors (Lipinski definition) is 1. The summed E-state index contributed by atoms with van der Waals surface area (Å²) in [5, 5.41) is 12.6. The SMILES string of the molecule is CC1(c2noc(SCC(=O)O)n2)CCCO1. The first-order valence-corrected chi connectivity index (χ1v) is 5.91. The minimum absolute atomic E-state index is 0.0841. The molecule has 1 aromatic heterocycles. The number of aromatic nitrogens is 2. The van der Waals surface area contributed by atoms with Crippen LogP contribution in [0.1, 0.15) is 25.6 Å². The fourth-order valence-corrected chi connectivity index (χ4v) is 2.05. The Hall–Kier alpha value is -1.08. The normalized spacial score (nSPS) is 24.8. The third kappa shape index (κ3) is 2.35. The van der Waals surface area contributed by atoms with Gasteiger partial charge >= 0.3 is 5.97 Å². The van der Waals surface area contributed by atoms with Crippen molar-refractivity contribution in [1.29, 1.82) is 0 Å². The number of rotatable bonds is 4. The van der Waals surface area contributed by atoms with Gasteiger partial charge in [0.25, 0.3) is 5.22 Å². The van der Waals surface area contributed by atoms with E-state index in [-0.39, 0.29) is 11.0 Å². The van der Waals surface area contributed by atoms with Crippen molar-refractivity contribution in [3.05, 3.63) is 5.82 Å². The molecule has 1 aliphatic rings. The smallest absolute Gasteiger partial charge is 0.314 e. The van der Waals surface area contributed by atoms with Gasteiger partial charge in [0.2, 0.25) is 5.82 Å². The van der Waals surface area contributed by atoms with Crippen LogP contribution in [0.4, 0.5) is 0 Å². The summed E-state index contributed by atoms with van der Waals surface area (Å²) in [7, 11) is 0. The fraction of sp³-hybridized carbons (Fsp3) is 0.667. The van der Waals surface area contributed by atoms with Crippen LogP contribution in [0.25, 0.3) is 0 Å². The minimum atomic E-state index is -0.909. The van der Waals surface area contributed by atoms with Crippen molar-refractivity contribution in [1.82, 2.24) is 10.1 Å². The maximum absolute atomic E-state index is 10.4. The molecule has 1 aromatic rings. The lowest BCUT2D eigenvalue weighted by Gasteiger charge is -2.17. The van der Waals surface area contributed by atoms with E-state index in [1.165, 1.54) is 0 Å². The van der Waals surface area contributed by atoms with E-state index in [1.807, 2.05) is 6.92 Å². The van der Waals surface area contributed by atoms with Gasteiger partial charge in [-0.25, -0.2) is 0 Å². The van der Waals surface area contributed by atoms with E-state index < -0.39 is 11.6 Å². The van der Waals surface area contributed by atoms with Gasteiger partial charge in [-0.3, -0.25) is 4.79 Å². The number of carboxylic acids is 1. The highest BCUT2D eigenvalue weighted by molar-refractivity contribution is 7.99. The predicted octanol–water partition coefficient (Wildman–Crippen LogP) is 1.27. The Morgan fingerprint density at radius 1 is 1.69 bits per heavy atom. The van der Waals surface area contributed by atoms with E-state index in [4.69, 9.17) is 14.4 Å². The monoisotopic (exact) mass is 244 g/mol. The number of carboxylic acid groups (broad SMARTS) is 1. The predicted molar refractivity (Wildman–Crippen MR) is 55.2 cm³/mol. The maximum atomic E-state index is 10.4. The average molecular weight is 244 g/mol. The van der Waals surface area contributed by atoms with Crippen LogP contribution in [0, 0.1) is 0 Å². The average Bonchev–Trinajstić information content (AvgIpc) is 2.84. The van der Waals surface area contributed by atoms with Crippen LogP contribution in [-0.4, -0.2) is 33.6 Å². The zero-order valence-corrected chi connectivity index (χ0v) is 9.62. The van der Waals surface area contributed by atoms with Gasteiger partial charge in [0.15, 0.2) is 0 Å². The van der Waals surface area contributed by atoms with Gasteiger partial charge in [0.05, 0.1) is 0 Å². The zero-order chi connectivity index (χ0) is 11.6. The lowest BCUT2D eigenvalue weighted by atomic mass is 10.0. The summed E-state index contributed by atoms with van der Waals surface area (Å²) < 4.78 is 10.5. The molecule has 1 aliphatic heterocycles. The molecule has 1 atom stereocenters. The van der Waals surface area contributed by atoms with Crippen molar-refractivity contribution in [2.24, 2.45) is 0 Å². The van der Waals surface area contributed by atoms with Crippen molar-refractivity contribution in [3.63, 3.8) is 0 Å². The first-order chi connectivity index (χ1) is 7.60. The minimum Gasteiger partial charge on any atom is -0.481 e. The molecule has 0 bridgehead atoms. The molecule has 6 nitrogen and oxygen atoms in total. The molecule has 1 N–H and O–H groups in total. The number of ether oxygens (including phenoxy) is 1. The summed E-state index contributed by atoms with van der Waals surface area (Å²) in [6.45, 7) is 2.61. The quantitative estimate of drug-likeness (QED) is 0.798. The summed E-state index contributed by atoms with van der Waals surface area (Å²) in [5.41, 5.74) is -0.481. The molecule has 2 rings (SSSR count). The molecule has 0 radical (unpaired) electrons. The summed E-state index contributed by atoms with van der Waals surface area (Å²) in [6, 6.07) is 0. The number of carbonyl (C=O) groups is 1. The molecule has 1 unspecified atom stereocenters. The van der Waals surface area contributed by atoms with Gasteiger partial charge < -0.3 is 14.4 Å². The Bertz CT molecular complexity index is 387. The van der Waals surface area contributed by atoms with Crippen molar-refractivity contribution in [3.8, 4) is 0 Å². The lowest BCUT2D eigenvalue weighted by molar-refractivity contribution is -0.133. The molecule has 0 amide bonds. The van der Waals surface area contributed by atoms with Gasteiger partial charge in [-0.15, -0.1) is 0 Å². The second kappa shape index (κ2) is 4.42. The summed E-state index contributed by atoms with van der Waals surface area (Å²) >= 11 is 1.01. The highest BCUT2D eigenvalue weighted by atomic mass is 32.2. The van der Waals surface area contributed by atoms with Gasteiger partial charge in [-0.1, -0.05) is 16.9 Å². The third-order valence-electron chi connectivity index (χ3n) is 2.42. The molecule has 0 saturated carbocycles. The lowest BCUT2D eigenvalue weighted by Crippen LogP contribution is -2.21. The van der Waals surface area contributed by atoms with Crippen LogP contribution in [0.2, 0.25) is 0 Å². The van der Waals surface area contributed by atoms with E-state index in [9.17, 15) is 4.79 Å². The van der Waals surface area contributed by atoms with Gasteiger partial charge in [0, 0.05) is 6.61 Å². The molecular weight excluding hydrogens is 232 g/mol. The molecule has 2 heterocycles. The van der Waals surface area contributed by atoms with E-state index >= 15 is 0 Å². The Balaban J connectivity index is 2.04. The molecule has 1 saturated heterocycles. The van der Waals surface area contributed by atoms with Gasteiger partial charge in [0.1, 0.15) is 11.4 Å².